The second-order valence-electron chi connectivity index (χ2n) is 7.78. The Labute approximate surface area is 165 Å². The van der Waals surface area contributed by atoms with Gasteiger partial charge in [0.25, 0.3) is 0 Å². The molecule has 0 fully saturated rings. The number of ketones is 1. The third kappa shape index (κ3) is 2.40. The molecule has 0 aromatic heterocycles. The van der Waals surface area contributed by atoms with Crippen molar-refractivity contribution in [3.05, 3.63) is 94.8 Å². The van der Waals surface area contributed by atoms with E-state index in [2.05, 4.69) is 46.7 Å². The summed E-state index contributed by atoms with van der Waals surface area (Å²) in [5.74, 6) is 0.439. The molecule has 4 heteroatoms. The fourth-order valence-corrected chi connectivity index (χ4v) is 5.18. The molecule has 140 valence electrons. The molecule has 0 spiro atoms. The summed E-state index contributed by atoms with van der Waals surface area (Å²) in [6.07, 6.45) is 3.87. The van der Waals surface area contributed by atoms with Crippen molar-refractivity contribution in [2.24, 2.45) is 10.2 Å². The highest BCUT2D eigenvalue weighted by Gasteiger charge is 2.51. The second kappa shape index (κ2) is 6.55. The van der Waals surface area contributed by atoms with Gasteiger partial charge in [-0.1, -0.05) is 67.6 Å². The molecule has 0 amide bonds. The summed E-state index contributed by atoms with van der Waals surface area (Å²) in [6, 6.07) is 20.7. The van der Waals surface area contributed by atoms with E-state index in [9.17, 15) is 4.79 Å². The standard InChI is InChI=1S/C24H23N3O/c1-2-24(18-11-7-4-8-12-18)19-15-25-27-23(19)26-20-13-17(14-21(28)22(20)24)16-9-5-3-6-10-16/h3-12,15,17,23,26H,2,13-14H2,1H3/t17-,23?,24-/m0/s1. The van der Waals surface area contributed by atoms with Gasteiger partial charge in [-0.3, -0.25) is 4.79 Å². The third-order valence-electron chi connectivity index (χ3n) is 6.43. The quantitative estimate of drug-likeness (QED) is 0.826. The van der Waals surface area contributed by atoms with Gasteiger partial charge < -0.3 is 5.32 Å². The average molecular weight is 369 g/mol. The Morgan fingerprint density at radius 3 is 2.46 bits per heavy atom. The van der Waals surface area contributed by atoms with Crippen LogP contribution in [0.2, 0.25) is 0 Å². The minimum Gasteiger partial charge on any atom is -0.362 e. The van der Waals surface area contributed by atoms with Crippen LogP contribution in [0.1, 0.15) is 43.2 Å². The van der Waals surface area contributed by atoms with Crippen LogP contribution in [0.3, 0.4) is 0 Å². The number of fused-ring (bicyclic) bond motifs is 1. The first-order valence-corrected chi connectivity index (χ1v) is 9.98. The summed E-state index contributed by atoms with van der Waals surface area (Å²) in [5, 5.41) is 12.2. The first-order valence-electron chi connectivity index (χ1n) is 9.98. The summed E-state index contributed by atoms with van der Waals surface area (Å²) in [5.41, 5.74) is 4.98. The predicted molar refractivity (Wildman–Crippen MR) is 109 cm³/mol. The molecule has 2 heterocycles. The summed E-state index contributed by atoms with van der Waals surface area (Å²) >= 11 is 0. The normalized spacial score (nSPS) is 28.5. The Bertz CT molecular complexity index is 1010. The number of allylic oxidation sites excluding steroid dienone is 2. The molecule has 0 saturated heterocycles. The molecule has 4 nitrogen and oxygen atoms in total. The number of rotatable bonds is 3. The van der Waals surface area contributed by atoms with Crippen molar-refractivity contribution in [3.8, 4) is 0 Å². The van der Waals surface area contributed by atoms with Crippen LogP contribution < -0.4 is 5.32 Å². The minimum atomic E-state index is -0.450. The molecule has 5 rings (SSSR count). The van der Waals surface area contributed by atoms with E-state index >= 15 is 0 Å². The molecule has 1 aliphatic carbocycles. The third-order valence-corrected chi connectivity index (χ3v) is 6.43. The van der Waals surface area contributed by atoms with E-state index in [1.807, 2.05) is 42.6 Å². The fourth-order valence-electron chi connectivity index (χ4n) is 5.18. The molecule has 2 aromatic carbocycles. The van der Waals surface area contributed by atoms with E-state index in [1.54, 1.807) is 0 Å². The topological polar surface area (TPSA) is 53.8 Å². The van der Waals surface area contributed by atoms with Crippen LogP contribution in [0.25, 0.3) is 0 Å². The molecule has 0 saturated carbocycles. The molecule has 2 aliphatic heterocycles. The molecule has 1 N–H and O–H groups in total. The van der Waals surface area contributed by atoms with Gasteiger partial charge in [-0.05, 0) is 29.9 Å². The highest BCUT2D eigenvalue weighted by Crippen LogP contribution is 2.52. The van der Waals surface area contributed by atoms with Crippen LogP contribution in [-0.4, -0.2) is 11.9 Å². The lowest BCUT2D eigenvalue weighted by atomic mass is 9.60. The molecule has 3 aliphatic rings. The molecule has 3 atom stereocenters. The number of Topliss-reactive ketones (excluding diaryl/α,β-unsaturated/α-hetero) is 1. The van der Waals surface area contributed by atoms with E-state index < -0.39 is 5.41 Å². The van der Waals surface area contributed by atoms with E-state index in [1.165, 1.54) is 5.56 Å². The number of nitrogens with one attached hydrogen (secondary N) is 1. The first-order chi connectivity index (χ1) is 13.7. The molecular weight excluding hydrogens is 346 g/mol. The Balaban J connectivity index is 1.68. The largest absolute Gasteiger partial charge is 0.362 e. The lowest BCUT2D eigenvalue weighted by molar-refractivity contribution is -0.117. The highest BCUT2D eigenvalue weighted by atomic mass is 16.1. The van der Waals surface area contributed by atoms with Crippen molar-refractivity contribution in [2.45, 2.75) is 43.7 Å². The number of benzene rings is 2. The molecular formula is C24H23N3O. The first kappa shape index (κ1) is 17.1. The van der Waals surface area contributed by atoms with Crippen molar-refractivity contribution >= 4 is 5.78 Å². The van der Waals surface area contributed by atoms with Gasteiger partial charge in [0.15, 0.2) is 11.9 Å². The van der Waals surface area contributed by atoms with Gasteiger partial charge in [0.05, 0.1) is 11.6 Å². The van der Waals surface area contributed by atoms with Crippen LogP contribution >= 0.6 is 0 Å². The molecule has 0 bridgehead atoms. The Morgan fingerprint density at radius 2 is 1.75 bits per heavy atom. The molecule has 2 aromatic rings. The van der Waals surface area contributed by atoms with Crippen LogP contribution in [-0.2, 0) is 10.2 Å². The zero-order valence-corrected chi connectivity index (χ0v) is 15.9. The van der Waals surface area contributed by atoms with Gasteiger partial charge in [-0.2, -0.15) is 10.2 Å². The lowest BCUT2D eigenvalue weighted by Crippen LogP contribution is -2.50. The minimum absolute atomic E-state index is 0.179. The van der Waals surface area contributed by atoms with Crippen molar-refractivity contribution in [1.29, 1.82) is 0 Å². The fraction of sp³-hybridized carbons (Fsp3) is 0.292. The van der Waals surface area contributed by atoms with E-state index in [0.29, 0.717) is 6.42 Å². The monoisotopic (exact) mass is 369 g/mol. The Morgan fingerprint density at radius 1 is 1.04 bits per heavy atom. The number of azo groups is 1. The molecule has 28 heavy (non-hydrogen) atoms. The Kier molecular flexibility index (Phi) is 4.00. The van der Waals surface area contributed by atoms with Crippen molar-refractivity contribution in [2.75, 3.05) is 0 Å². The summed E-state index contributed by atoms with van der Waals surface area (Å²) in [6.45, 7) is 2.16. The highest BCUT2D eigenvalue weighted by molar-refractivity contribution is 6.01. The maximum atomic E-state index is 13.6. The lowest BCUT2D eigenvalue weighted by Gasteiger charge is -2.46. The van der Waals surface area contributed by atoms with Gasteiger partial charge in [0.1, 0.15) is 0 Å². The smallest absolute Gasteiger partial charge is 0.164 e. The van der Waals surface area contributed by atoms with Gasteiger partial charge in [-0.15, -0.1) is 0 Å². The van der Waals surface area contributed by atoms with Crippen molar-refractivity contribution < 1.29 is 4.79 Å². The molecule has 0 radical (unpaired) electrons. The average Bonchev–Trinajstić information content (AvgIpc) is 3.22. The summed E-state index contributed by atoms with van der Waals surface area (Å²) < 4.78 is 0. The van der Waals surface area contributed by atoms with Gasteiger partial charge in [0.2, 0.25) is 0 Å². The van der Waals surface area contributed by atoms with Gasteiger partial charge in [0, 0.05) is 23.3 Å². The van der Waals surface area contributed by atoms with Crippen molar-refractivity contribution in [3.63, 3.8) is 0 Å². The number of hydrogen-bond acceptors (Lipinski definition) is 4. The van der Waals surface area contributed by atoms with E-state index in [-0.39, 0.29) is 17.9 Å². The number of carbonyl (C=O) groups is 1. The van der Waals surface area contributed by atoms with E-state index in [0.717, 1.165) is 35.2 Å². The predicted octanol–water partition coefficient (Wildman–Crippen LogP) is 5.01. The zero-order valence-electron chi connectivity index (χ0n) is 15.9. The SMILES string of the molecule is CC[C@]1(c2ccccc2)C2=CN=NC2NC2=C1C(=O)C[C@@H](c1ccccc1)C2. The summed E-state index contributed by atoms with van der Waals surface area (Å²) in [7, 11) is 0. The van der Waals surface area contributed by atoms with Gasteiger partial charge >= 0.3 is 0 Å². The van der Waals surface area contributed by atoms with Crippen LogP contribution in [0.4, 0.5) is 0 Å². The van der Waals surface area contributed by atoms with Crippen LogP contribution in [0, 0.1) is 0 Å². The number of carbonyl (C=O) groups excluding carboxylic acids is 1. The van der Waals surface area contributed by atoms with Crippen LogP contribution in [0.15, 0.2) is 93.9 Å². The number of nitrogens with zero attached hydrogens (tertiary/aromatic N) is 2. The maximum absolute atomic E-state index is 13.6. The van der Waals surface area contributed by atoms with Crippen molar-refractivity contribution in [1.82, 2.24) is 5.32 Å². The molecule has 1 unspecified atom stereocenters. The van der Waals surface area contributed by atoms with E-state index in [4.69, 9.17) is 0 Å². The number of hydrogen-bond donors (Lipinski definition) is 1. The Hall–Kier alpha value is -3.01. The maximum Gasteiger partial charge on any atom is 0.164 e. The second-order valence-corrected chi connectivity index (χ2v) is 7.78. The zero-order chi connectivity index (χ0) is 19.1. The van der Waals surface area contributed by atoms with Gasteiger partial charge in [-0.25, -0.2) is 0 Å². The summed E-state index contributed by atoms with van der Waals surface area (Å²) in [4.78, 5) is 13.6. The van der Waals surface area contributed by atoms with Crippen LogP contribution in [0.5, 0.6) is 0 Å².